The van der Waals surface area contributed by atoms with Crippen LogP contribution in [0.15, 0.2) is 48.7 Å². The number of benzene rings is 1. The van der Waals surface area contributed by atoms with Gasteiger partial charge in [-0.15, -0.1) is 0 Å². The van der Waals surface area contributed by atoms with Crippen molar-refractivity contribution in [1.29, 1.82) is 0 Å². The van der Waals surface area contributed by atoms with Crippen LogP contribution in [0.2, 0.25) is 0 Å². The number of fused-ring (bicyclic) bond motifs is 1. The number of carbonyl (C=O) groups is 1. The van der Waals surface area contributed by atoms with Gasteiger partial charge in [0, 0.05) is 38.9 Å². The Labute approximate surface area is 202 Å². The fraction of sp³-hybridized carbons (Fsp3) is 0.440. The number of unbranched alkanes of at least 4 members (excludes halogenated alkanes) is 2. The van der Waals surface area contributed by atoms with E-state index in [9.17, 15) is 18.0 Å². The summed E-state index contributed by atoms with van der Waals surface area (Å²) in [5, 5.41) is 6.88. The normalized spacial score (nSPS) is 14.9. The second-order valence-electron chi connectivity index (χ2n) is 8.63. The van der Waals surface area contributed by atoms with Gasteiger partial charge in [0.2, 0.25) is 0 Å². The van der Waals surface area contributed by atoms with Gasteiger partial charge in [-0.1, -0.05) is 18.6 Å². The maximum atomic E-state index is 12.9. The molecule has 7 nitrogen and oxygen atoms in total. The molecular formula is C25H30F3N5O2. The van der Waals surface area contributed by atoms with Gasteiger partial charge in [-0.2, -0.15) is 18.3 Å². The molecule has 1 aromatic carbocycles. The summed E-state index contributed by atoms with van der Waals surface area (Å²) in [6, 6.07) is 11.4. The highest BCUT2D eigenvalue weighted by Crippen LogP contribution is 2.30. The maximum Gasteiger partial charge on any atom is 0.416 e. The first-order valence-electron chi connectivity index (χ1n) is 11.8. The highest BCUT2D eigenvalue weighted by Gasteiger charge is 2.30. The molecule has 0 saturated carbocycles. The van der Waals surface area contributed by atoms with E-state index in [4.69, 9.17) is 4.74 Å². The predicted octanol–water partition coefficient (Wildman–Crippen LogP) is 4.08. The number of para-hydroxylation sites is 2. The number of amides is 1. The summed E-state index contributed by atoms with van der Waals surface area (Å²) in [5.41, 5.74) is 0.711. The number of halogens is 3. The van der Waals surface area contributed by atoms with Crippen LogP contribution in [0.25, 0.3) is 5.52 Å². The number of anilines is 1. The topological polar surface area (TPSA) is 62.1 Å². The minimum atomic E-state index is -4.43. The van der Waals surface area contributed by atoms with Gasteiger partial charge in [0.05, 0.1) is 23.9 Å². The molecule has 1 N–H and O–H groups in total. The molecule has 3 heterocycles. The molecule has 188 valence electrons. The largest absolute Gasteiger partial charge is 0.495 e. The molecule has 0 spiro atoms. The number of aromatic nitrogens is 2. The molecule has 2 aromatic heterocycles. The van der Waals surface area contributed by atoms with E-state index in [0.29, 0.717) is 6.54 Å². The molecule has 1 saturated heterocycles. The van der Waals surface area contributed by atoms with Gasteiger partial charge in [-0.05, 0) is 49.7 Å². The predicted molar refractivity (Wildman–Crippen MR) is 128 cm³/mol. The van der Waals surface area contributed by atoms with E-state index in [1.165, 1.54) is 16.8 Å². The SMILES string of the molecule is COc1ccccc1N1CCN(CCCCCNC(=O)c2cc3cc(C(F)(F)F)ccn3n2)CC1. The van der Waals surface area contributed by atoms with E-state index in [1.54, 1.807) is 7.11 Å². The van der Waals surface area contributed by atoms with Gasteiger partial charge in [-0.3, -0.25) is 9.69 Å². The number of hydrogen-bond donors (Lipinski definition) is 1. The van der Waals surface area contributed by atoms with Crippen LogP contribution in [0.5, 0.6) is 5.75 Å². The number of carbonyl (C=O) groups excluding carboxylic acids is 1. The van der Waals surface area contributed by atoms with Crippen molar-refractivity contribution in [3.8, 4) is 5.75 Å². The van der Waals surface area contributed by atoms with E-state index < -0.39 is 11.7 Å². The lowest BCUT2D eigenvalue weighted by Gasteiger charge is -2.36. The van der Waals surface area contributed by atoms with Crippen LogP contribution < -0.4 is 15.0 Å². The van der Waals surface area contributed by atoms with E-state index >= 15 is 0 Å². The van der Waals surface area contributed by atoms with Crippen molar-refractivity contribution in [2.45, 2.75) is 25.4 Å². The first-order valence-corrected chi connectivity index (χ1v) is 11.8. The number of piperazine rings is 1. The number of hydrogen-bond acceptors (Lipinski definition) is 5. The monoisotopic (exact) mass is 489 g/mol. The van der Waals surface area contributed by atoms with Crippen LogP contribution in [0.3, 0.4) is 0 Å². The lowest BCUT2D eigenvalue weighted by molar-refractivity contribution is -0.137. The molecule has 1 aliphatic rings. The molecule has 1 fully saturated rings. The van der Waals surface area contributed by atoms with E-state index in [2.05, 4.69) is 26.3 Å². The van der Waals surface area contributed by atoms with Crippen LogP contribution in [0.4, 0.5) is 18.9 Å². The van der Waals surface area contributed by atoms with Crippen molar-refractivity contribution in [2.24, 2.45) is 0 Å². The van der Waals surface area contributed by atoms with Crippen molar-refractivity contribution in [3.05, 3.63) is 59.9 Å². The summed E-state index contributed by atoms with van der Waals surface area (Å²) in [6.45, 7) is 5.43. The molecule has 0 radical (unpaired) electrons. The molecule has 1 aliphatic heterocycles. The number of nitrogens with one attached hydrogen (secondary N) is 1. The van der Waals surface area contributed by atoms with E-state index in [-0.39, 0.29) is 17.1 Å². The van der Waals surface area contributed by atoms with Gasteiger partial charge in [-0.25, -0.2) is 4.52 Å². The average Bonchev–Trinajstić information content (AvgIpc) is 3.29. The third kappa shape index (κ3) is 6.25. The molecule has 0 aliphatic carbocycles. The molecule has 0 atom stereocenters. The van der Waals surface area contributed by atoms with Crippen LogP contribution >= 0.6 is 0 Å². The lowest BCUT2D eigenvalue weighted by atomic mass is 10.2. The molecule has 4 rings (SSSR count). The number of nitrogens with zero attached hydrogens (tertiary/aromatic N) is 4. The molecule has 3 aromatic rings. The quantitative estimate of drug-likeness (QED) is 0.459. The van der Waals surface area contributed by atoms with Gasteiger partial charge < -0.3 is 15.0 Å². The zero-order chi connectivity index (χ0) is 24.8. The highest BCUT2D eigenvalue weighted by molar-refractivity contribution is 5.93. The summed E-state index contributed by atoms with van der Waals surface area (Å²) in [4.78, 5) is 17.1. The van der Waals surface area contributed by atoms with Crippen molar-refractivity contribution in [1.82, 2.24) is 19.8 Å². The smallest absolute Gasteiger partial charge is 0.416 e. The summed E-state index contributed by atoms with van der Waals surface area (Å²) in [5.74, 6) is 0.521. The lowest BCUT2D eigenvalue weighted by Crippen LogP contribution is -2.46. The standard InChI is InChI=1S/C25H30F3N5O2/c1-35-23-8-4-3-7-22(23)32-15-13-31(14-16-32)11-6-2-5-10-29-24(34)21-18-20-17-19(25(26,27)28)9-12-33(20)30-21/h3-4,7-9,12,17-18H,2,5-6,10-11,13-16H2,1H3,(H,29,34). The second-order valence-corrected chi connectivity index (χ2v) is 8.63. The van der Waals surface area contributed by atoms with Crippen molar-refractivity contribution in [2.75, 3.05) is 51.3 Å². The van der Waals surface area contributed by atoms with Gasteiger partial charge in [0.25, 0.3) is 5.91 Å². The Bertz CT molecular complexity index is 1140. The summed E-state index contributed by atoms with van der Waals surface area (Å²) >= 11 is 0. The fourth-order valence-electron chi connectivity index (χ4n) is 4.31. The Morgan fingerprint density at radius 2 is 1.83 bits per heavy atom. The zero-order valence-electron chi connectivity index (χ0n) is 19.7. The van der Waals surface area contributed by atoms with Crippen LogP contribution in [-0.2, 0) is 6.18 Å². The minimum Gasteiger partial charge on any atom is -0.495 e. The van der Waals surface area contributed by atoms with Crippen molar-refractivity contribution in [3.63, 3.8) is 0 Å². The average molecular weight is 490 g/mol. The number of pyridine rings is 1. The minimum absolute atomic E-state index is 0.109. The number of methoxy groups -OCH3 is 1. The number of rotatable bonds is 9. The molecule has 35 heavy (non-hydrogen) atoms. The first kappa shape index (κ1) is 24.8. The maximum absolute atomic E-state index is 12.9. The summed E-state index contributed by atoms with van der Waals surface area (Å²) in [7, 11) is 1.70. The zero-order valence-corrected chi connectivity index (χ0v) is 19.7. The molecule has 0 bridgehead atoms. The Kier molecular flexibility index (Phi) is 7.80. The second kappa shape index (κ2) is 11.0. The van der Waals surface area contributed by atoms with Crippen molar-refractivity contribution < 1.29 is 22.7 Å². The first-order chi connectivity index (χ1) is 16.8. The van der Waals surface area contributed by atoms with Crippen LogP contribution in [0, 0.1) is 0 Å². The Hall–Kier alpha value is -3.27. The Morgan fingerprint density at radius 1 is 1.06 bits per heavy atom. The van der Waals surface area contributed by atoms with Crippen LogP contribution in [0.1, 0.15) is 35.3 Å². The molecular weight excluding hydrogens is 459 g/mol. The molecule has 10 heteroatoms. The van der Waals surface area contributed by atoms with Gasteiger partial charge >= 0.3 is 6.18 Å². The molecule has 0 unspecified atom stereocenters. The van der Waals surface area contributed by atoms with Gasteiger partial charge in [0.1, 0.15) is 5.75 Å². The van der Waals surface area contributed by atoms with E-state index in [1.807, 2.05) is 18.2 Å². The van der Waals surface area contributed by atoms with Gasteiger partial charge in [0.15, 0.2) is 5.69 Å². The van der Waals surface area contributed by atoms with Crippen LogP contribution in [-0.4, -0.2) is 66.8 Å². The number of ether oxygens (including phenoxy) is 1. The number of alkyl halides is 3. The molecule has 1 amide bonds. The van der Waals surface area contributed by atoms with E-state index in [0.717, 1.165) is 75.6 Å². The Morgan fingerprint density at radius 3 is 2.57 bits per heavy atom. The third-order valence-corrected chi connectivity index (χ3v) is 6.26. The fourth-order valence-corrected chi connectivity index (χ4v) is 4.31. The third-order valence-electron chi connectivity index (χ3n) is 6.26. The highest BCUT2D eigenvalue weighted by atomic mass is 19.4. The Balaban J connectivity index is 1.14. The summed E-state index contributed by atoms with van der Waals surface area (Å²) in [6.07, 6.45) is -0.368. The summed E-state index contributed by atoms with van der Waals surface area (Å²) < 4.78 is 45.3. The van der Waals surface area contributed by atoms with Crippen molar-refractivity contribution >= 4 is 17.1 Å².